The first-order valence-corrected chi connectivity index (χ1v) is 27.8. The number of hydrogen-bond acceptors (Lipinski definition) is 9. The molecule has 74 heavy (non-hydrogen) atoms. The third-order valence-corrected chi connectivity index (χ3v) is 17.4. The van der Waals surface area contributed by atoms with Crippen molar-refractivity contribution in [3.05, 3.63) is 210 Å². The molecule has 0 aliphatic carbocycles. The fourth-order valence-corrected chi connectivity index (χ4v) is 14.1. The molecular formula is C59H51FN6O7Si. The van der Waals surface area contributed by atoms with Crippen LogP contribution >= 0.6 is 0 Å². The van der Waals surface area contributed by atoms with Gasteiger partial charge in [-0.05, 0) is 110 Å². The average Bonchev–Trinajstić information content (AvgIpc) is 4.03. The van der Waals surface area contributed by atoms with Crippen molar-refractivity contribution in [3.63, 3.8) is 0 Å². The number of carbonyl (C=O) groups excluding carboxylic acids is 3. The third-order valence-electron chi connectivity index (χ3n) is 15.0. The number of aromatic nitrogens is 3. The van der Waals surface area contributed by atoms with Gasteiger partial charge in [-0.15, -0.1) is 5.10 Å². The Hall–Kier alpha value is -8.24. The maximum absolute atomic E-state index is 17.2. The van der Waals surface area contributed by atoms with E-state index in [9.17, 15) is 14.7 Å². The number of rotatable bonds is 11. The number of ether oxygens (including phenoxy) is 3. The van der Waals surface area contributed by atoms with Crippen LogP contribution in [0.4, 0.5) is 32.5 Å². The summed E-state index contributed by atoms with van der Waals surface area (Å²) in [4.78, 5) is 49.8. The molecule has 15 heteroatoms. The molecule has 3 amide bonds. The predicted molar refractivity (Wildman–Crippen MR) is 281 cm³/mol. The molecule has 13 nitrogen and oxygen atoms in total. The summed E-state index contributed by atoms with van der Waals surface area (Å²) in [5.74, 6) is -0.0492. The normalized spacial score (nSPS) is 20.2. The monoisotopic (exact) mass is 1000 g/mol. The van der Waals surface area contributed by atoms with Gasteiger partial charge in [0.2, 0.25) is 8.41 Å². The Morgan fingerprint density at radius 1 is 0.676 bits per heavy atom. The topological polar surface area (TPSA) is 140 Å². The van der Waals surface area contributed by atoms with Gasteiger partial charge in [0.1, 0.15) is 11.5 Å². The van der Waals surface area contributed by atoms with E-state index in [0.29, 0.717) is 86.8 Å². The van der Waals surface area contributed by atoms with Crippen molar-refractivity contribution < 1.29 is 37.8 Å². The van der Waals surface area contributed by atoms with Gasteiger partial charge in [-0.3, -0.25) is 28.9 Å². The molecule has 4 aliphatic rings. The van der Waals surface area contributed by atoms with Gasteiger partial charge in [0.05, 0.1) is 59.1 Å². The maximum Gasteiger partial charge on any atom is 0.266 e. The van der Waals surface area contributed by atoms with Crippen LogP contribution in [0, 0.1) is 5.92 Å². The van der Waals surface area contributed by atoms with E-state index in [1.54, 1.807) is 75.1 Å². The Morgan fingerprint density at radius 2 is 1.23 bits per heavy atom. The highest BCUT2D eigenvalue weighted by atomic mass is 28.4. The number of aliphatic hydroxyl groups excluding tert-OH is 1. The van der Waals surface area contributed by atoms with Gasteiger partial charge in [-0.1, -0.05) is 103 Å². The Kier molecular flexibility index (Phi) is 11.6. The first-order valence-electron chi connectivity index (χ1n) is 24.8. The number of aryl methyl sites for hydroxylation is 1. The number of anilines is 5. The van der Waals surface area contributed by atoms with E-state index >= 15 is 8.90 Å². The molecule has 4 aliphatic heterocycles. The van der Waals surface area contributed by atoms with Crippen LogP contribution in [-0.4, -0.2) is 58.9 Å². The van der Waals surface area contributed by atoms with Crippen molar-refractivity contribution in [2.75, 3.05) is 21.3 Å². The van der Waals surface area contributed by atoms with Gasteiger partial charge in [0, 0.05) is 41.1 Å². The molecule has 1 fully saturated rings. The number of aliphatic hydroxyl groups is 1. The van der Waals surface area contributed by atoms with E-state index in [2.05, 4.69) is 10.3 Å². The Balaban J connectivity index is 0.925. The first-order chi connectivity index (χ1) is 35.9. The van der Waals surface area contributed by atoms with E-state index in [1.807, 2.05) is 140 Å². The van der Waals surface area contributed by atoms with Gasteiger partial charge < -0.3 is 28.3 Å². The average molecular weight is 1000 g/mol. The summed E-state index contributed by atoms with van der Waals surface area (Å²) in [6, 6.07) is 51.6. The SMILES string of the molecule is C[C@H]1[C@H]([Si](C)(C)F)[C@@H](CCn2cc(C(CO)c3ccccc3)nn2)O[C@]12C(=O)N(Cc1ccc(N3C(=O)c4ccccc4Oc4ccccc43)cc1)c1ccc(N3C(=O)c4ccccc4Oc4ccccc43)cc12. The molecule has 370 valence electrons. The van der Waals surface area contributed by atoms with Gasteiger partial charge >= 0.3 is 0 Å². The second kappa shape index (κ2) is 18.4. The summed E-state index contributed by atoms with van der Waals surface area (Å²) in [6.07, 6.45) is 1.41. The fourth-order valence-electron chi connectivity index (χ4n) is 11.6. The van der Waals surface area contributed by atoms with Crippen molar-refractivity contribution in [3.8, 4) is 23.0 Å². The predicted octanol–water partition coefficient (Wildman–Crippen LogP) is 12.0. The molecule has 0 saturated carbocycles. The molecule has 1 aromatic heterocycles. The zero-order valence-corrected chi connectivity index (χ0v) is 41.8. The lowest BCUT2D eigenvalue weighted by Crippen LogP contribution is -2.45. The molecule has 5 atom stereocenters. The molecular weight excluding hydrogens is 952 g/mol. The zero-order chi connectivity index (χ0) is 50.9. The molecule has 1 N–H and O–H groups in total. The summed E-state index contributed by atoms with van der Waals surface area (Å²) in [5.41, 5.74) is 4.06. The molecule has 1 unspecified atom stereocenters. The minimum atomic E-state index is -3.62. The number of amides is 3. The number of hydrogen-bond donors (Lipinski definition) is 1. The van der Waals surface area contributed by atoms with Crippen molar-refractivity contribution in [1.29, 1.82) is 0 Å². The number of benzene rings is 7. The summed E-state index contributed by atoms with van der Waals surface area (Å²) >= 11 is 0. The van der Waals surface area contributed by atoms with Crippen LogP contribution in [0.3, 0.4) is 0 Å². The Labute approximate surface area is 428 Å². The van der Waals surface area contributed by atoms with Crippen LogP contribution < -0.4 is 24.2 Å². The second-order valence-electron chi connectivity index (χ2n) is 19.8. The number of halogens is 1. The van der Waals surface area contributed by atoms with Crippen LogP contribution in [0.2, 0.25) is 18.6 Å². The summed E-state index contributed by atoms with van der Waals surface area (Å²) in [7, 11) is -3.62. The molecule has 5 heterocycles. The molecule has 8 aromatic rings. The minimum Gasteiger partial charge on any atom is -0.454 e. The molecule has 0 radical (unpaired) electrons. The lowest BCUT2D eigenvalue weighted by molar-refractivity contribution is -0.146. The van der Waals surface area contributed by atoms with Gasteiger partial charge in [-0.2, -0.15) is 0 Å². The standard InChI is InChI=1S/C59H51FN6O7Si/c1-37-55(74(2,3)60)54(31-32-63-35-46(61-62-63)44(36-67)39-15-5-4-6-16-39)73-59(37)45-33-41(66-49-20-10-14-24-53(49)72-51-22-12-8-18-43(51)57(66)69)29-30-47(45)64(58(59)70)34-38-25-27-40(28-26-38)65-48-19-9-13-23-52(48)71-50-21-11-7-17-42(50)56(65)68/h4-30,33,35,37,44,54-55,67H,31-32,34,36H2,1-3H3/t37-,44?,54+,55-,59+/m0/s1. The van der Waals surface area contributed by atoms with Gasteiger partial charge in [-0.25, -0.2) is 0 Å². The largest absolute Gasteiger partial charge is 0.454 e. The van der Waals surface area contributed by atoms with E-state index in [-0.39, 0.29) is 36.8 Å². The Bertz CT molecular complexity index is 3490. The number of carbonyl (C=O) groups is 3. The van der Waals surface area contributed by atoms with Crippen LogP contribution in [-0.2, 0) is 28.2 Å². The highest BCUT2D eigenvalue weighted by molar-refractivity contribution is 6.72. The molecule has 1 spiro atoms. The summed E-state index contributed by atoms with van der Waals surface area (Å²) in [5, 5.41) is 19.2. The van der Waals surface area contributed by atoms with Crippen LogP contribution in [0.15, 0.2) is 176 Å². The Morgan fingerprint density at radius 3 is 1.84 bits per heavy atom. The van der Waals surface area contributed by atoms with Gasteiger partial charge in [0.15, 0.2) is 17.1 Å². The minimum absolute atomic E-state index is 0.118. The zero-order valence-electron chi connectivity index (χ0n) is 40.8. The number of fused-ring (bicyclic) bond motifs is 6. The van der Waals surface area contributed by atoms with Crippen molar-refractivity contribution >= 4 is 54.6 Å². The summed E-state index contributed by atoms with van der Waals surface area (Å²) in [6.45, 7) is 5.52. The lowest BCUT2D eigenvalue weighted by Gasteiger charge is -2.31. The molecule has 12 rings (SSSR count). The van der Waals surface area contributed by atoms with E-state index in [1.165, 1.54) is 0 Å². The second-order valence-corrected chi connectivity index (χ2v) is 23.6. The smallest absolute Gasteiger partial charge is 0.266 e. The van der Waals surface area contributed by atoms with Crippen LogP contribution in [0.1, 0.15) is 62.4 Å². The highest BCUT2D eigenvalue weighted by Gasteiger charge is 2.67. The van der Waals surface area contributed by atoms with Crippen molar-refractivity contribution in [1.82, 2.24) is 15.0 Å². The number of para-hydroxylation sites is 6. The molecule has 0 bridgehead atoms. The maximum atomic E-state index is 17.2. The summed E-state index contributed by atoms with van der Waals surface area (Å²) < 4.78 is 38.8. The lowest BCUT2D eigenvalue weighted by atomic mass is 9.82. The first kappa shape index (κ1) is 46.8. The van der Waals surface area contributed by atoms with Crippen molar-refractivity contribution in [2.24, 2.45) is 5.92 Å². The third kappa shape index (κ3) is 7.77. The van der Waals surface area contributed by atoms with Gasteiger partial charge in [0.25, 0.3) is 17.7 Å². The van der Waals surface area contributed by atoms with Crippen LogP contribution in [0.5, 0.6) is 23.0 Å². The number of nitrogens with zero attached hydrogens (tertiary/aromatic N) is 6. The van der Waals surface area contributed by atoms with E-state index in [4.69, 9.17) is 14.2 Å². The quantitative estimate of drug-likeness (QED) is 0.0990. The van der Waals surface area contributed by atoms with Crippen molar-refractivity contribution in [2.45, 2.75) is 62.7 Å². The van der Waals surface area contributed by atoms with Crippen LogP contribution in [0.25, 0.3) is 0 Å². The fraction of sp³-hybridized carbons (Fsp3) is 0.203. The molecule has 7 aromatic carbocycles. The van der Waals surface area contributed by atoms with E-state index in [0.717, 1.165) is 11.1 Å². The highest BCUT2D eigenvalue weighted by Crippen LogP contribution is 2.61. The van der Waals surface area contributed by atoms with E-state index < -0.39 is 31.6 Å². The molecule has 1 saturated heterocycles.